The molecule has 1 fully saturated rings. The lowest BCUT2D eigenvalue weighted by molar-refractivity contribution is 0.0985. The second-order valence-electron chi connectivity index (χ2n) is 7.01. The molecule has 0 aromatic carbocycles. The highest BCUT2D eigenvalue weighted by molar-refractivity contribution is 5.89. The fourth-order valence-electron chi connectivity index (χ4n) is 3.05. The molecule has 1 saturated heterocycles. The van der Waals surface area contributed by atoms with Crippen LogP contribution in [0.5, 0.6) is 0 Å². The van der Waals surface area contributed by atoms with E-state index in [0.29, 0.717) is 42.5 Å². The Bertz CT molecular complexity index is 886. The van der Waals surface area contributed by atoms with Crippen LogP contribution in [-0.2, 0) is 10.2 Å². The average molecular weight is 371 g/mol. The first-order valence-electron chi connectivity index (χ1n) is 8.65. The summed E-state index contributed by atoms with van der Waals surface area (Å²) in [6, 6.07) is 4.21. The van der Waals surface area contributed by atoms with Gasteiger partial charge < -0.3 is 20.4 Å². The minimum Gasteiger partial charge on any atom is -0.377 e. The number of hydrogen-bond donors (Lipinski definition) is 3. The standard InChI is InChI=1S/C18H22FN7O/c1-11-9-27-5-4-26(11)15-6-13(18(2,3)10-21)12(7-20)16(23-15)24-17-14(19)8-22-25-17/h6-8,11,20H,4-5,9H2,1-3H3,(H2,22,23,24,25)/t11-/m1/s1. The van der Waals surface area contributed by atoms with Crippen LogP contribution < -0.4 is 10.2 Å². The molecule has 3 heterocycles. The van der Waals surface area contributed by atoms with Gasteiger partial charge in [-0.3, -0.25) is 5.10 Å². The van der Waals surface area contributed by atoms with Gasteiger partial charge in [-0.05, 0) is 32.4 Å². The molecule has 3 N–H and O–H groups in total. The Labute approximate surface area is 156 Å². The molecule has 27 heavy (non-hydrogen) atoms. The molecule has 0 bridgehead atoms. The molecular formula is C18H22FN7O. The lowest BCUT2D eigenvalue weighted by Gasteiger charge is -2.35. The van der Waals surface area contributed by atoms with Crippen LogP contribution in [0.4, 0.5) is 21.8 Å². The van der Waals surface area contributed by atoms with E-state index >= 15 is 0 Å². The van der Waals surface area contributed by atoms with Crippen molar-refractivity contribution in [2.75, 3.05) is 30.0 Å². The molecule has 2 aromatic heterocycles. The lowest BCUT2D eigenvalue weighted by atomic mass is 9.83. The SMILES string of the molecule is C[C@@H]1COCCN1c1cc(C(C)(C)C#N)c(C=N)c(Nc2[nH]ncc2F)n1. The summed E-state index contributed by atoms with van der Waals surface area (Å²) in [5, 5.41) is 26.6. The topological polar surface area (TPSA) is 114 Å². The Morgan fingerprint density at radius 2 is 2.33 bits per heavy atom. The third kappa shape index (κ3) is 3.61. The first-order chi connectivity index (χ1) is 12.9. The summed E-state index contributed by atoms with van der Waals surface area (Å²) >= 11 is 0. The van der Waals surface area contributed by atoms with Crippen LogP contribution in [0.1, 0.15) is 31.9 Å². The van der Waals surface area contributed by atoms with E-state index in [1.807, 2.05) is 13.0 Å². The minimum absolute atomic E-state index is 0.0542. The van der Waals surface area contributed by atoms with E-state index in [2.05, 4.69) is 31.5 Å². The molecule has 1 atom stereocenters. The number of nitrogens with zero attached hydrogens (tertiary/aromatic N) is 4. The van der Waals surface area contributed by atoms with Crippen LogP contribution in [0, 0.1) is 22.6 Å². The summed E-state index contributed by atoms with van der Waals surface area (Å²) in [5.74, 6) is 0.442. The molecule has 0 unspecified atom stereocenters. The van der Waals surface area contributed by atoms with Crippen molar-refractivity contribution in [2.24, 2.45) is 0 Å². The first kappa shape index (κ1) is 18.8. The third-order valence-corrected chi connectivity index (χ3v) is 4.64. The van der Waals surface area contributed by atoms with Crippen molar-refractivity contribution < 1.29 is 9.13 Å². The molecule has 0 spiro atoms. The molecule has 1 aliphatic heterocycles. The highest BCUT2D eigenvalue weighted by Gasteiger charge is 2.29. The number of ether oxygens (including phenoxy) is 1. The van der Waals surface area contributed by atoms with Gasteiger partial charge in [-0.25, -0.2) is 9.37 Å². The van der Waals surface area contributed by atoms with Gasteiger partial charge in [-0.1, -0.05) is 0 Å². The molecule has 0 saturated carbocycles. The maximum Gasteiger partial charge on any atom is 0.185 e. The molecule has 3 rings (SSSR count). The summed E-state index contributed by atoms with van der Waals surface area (Å²) in [6.07, 6.45) is 2.19. The van der Waals surface area contributed by atoms with Gasteiger partial charge in [0.15, 0.2) is 11.6 Å². The summed E-state index contributed by atoms with van der Waals surface area (Å²) in [4.78, 5) is 6.71. The van der Waals surface area contributed by atoms with Crippen LogP contribution in [0.25, 0.3) is 0 Å². The van der Waals surface area contributed by atoms with Crippen LogP contribution in [0.15, 0.2) is 12.3 Å². The van der Waals surface area contributed by atoms with Crippen molar-refractivity contribution >= 4 is 23.7 Å². The first-order valence-corrected chi connectivity index (χ1v) is 8.65. The van der Waals surface area contributed by atoms with E-state index in [1.165, 1.54) is 0 Å². The second-order valence-corrected chi connectivity index (χ2v) is 7.01. The number of rotatable bonds is 5. The van der Waals surface area contributed by atoms with Gasteiger partial charge in [-0.2, -0.15) is 10.4 Å². The van der Waals surface area contributed by atoms with Gasteiger partial charge in [0, 0.05) is 18.3 Å². The van der Waals surface area contributed by atoms with Gasteiger partial charge in [0.1, 0.15) is 11.6 Å². The van der Waals surface area contributed by atoms with Gasteiger partial charge in [0.25, 0.3) is 0 Å². The van der Waals surface area contributed by atoms with Crippen molar-refractivity contribution in [3.05, 3.63) is 29.2 Å². The van der Waals surface area contributed by atoms with Crippen molar-refractivity contribution in [3.63, 3.8) is 0 Å². The molecule has 2 aromatic rings. The zero-order chi connectivity index (χ0) is 19.6. The Morgan fingerprint density at radius 1 is 1.56 bits per heavy atom. The molecule has 0 amide bonds. The number of H-pyrrole nitrogens is 1. The summed E-state index contributed by atoms with van der Waals surface area (Å²) < 4.78 is 19.4. The zero-order valence-corrected chi connectivity index (χ0v) is 15.5. The number of nitriles is 1. The van der Waals surface area contributed by atoms with E-state index in [4.69, 9.17) is 10.1 Å². The molecule has 0 aliphatic carbocycles. The number of anilines is 3. The molecule has 1 aliphatic rings. The van der Waals surface area contributed by atoms with Crippen molar-refractivity contribution in [3.8, 4) is 6.07 Å². The number of aromatic nitrogens is 3. The van der Waals surface area contributed by atoms with Crippen molar-refractivity contribution in [1.82, 2.24) is 15.2 Å². The molecule has 9 heteroatoms. The fourth-order valence-corrected chi connectivity index (χ4v) is 3.05. The van der Waals surface area contributed by atoms with E-state index in [-0.39, 0.29) is 11.9 Å². The van der Waals surface area contributed by atoms with Gasteiger partial charge in [0.05, 0.1) is 36.9 Å². The molecular weight excluding hydrogens is 349 g/mol. The number of aromatic amines is 1. The third-order valence-electron chi connectivity index (χ3n) is 4.64. The average Bonchev–Trinajstić information content (AvgIpc) is 3.06. The van der Waals surface area contributed by atoms with Crippen LogP contribution in [0.2, 0.25) is 0 Å². The second kappa shape index (κ2) is 7.32. The Morgan fingerprint density at radius 3 is 2.93 bits per heavy atom. The van der Waals surface area contributed by atoms with E-state index in [0.717, 1.165) is 12.4 Å². The Balaban J connectivity index is 2.16. The van der Waals surface area contributed by atoms with Gasteiger partial charge >= 0.3 is 0 Å². The predicted octanol–water partition coefficient (Wildman–Crippen LogP) is 2.71. The predicted molar refractivity (Wildman–Crippen MR) is 100 cm³/mol. The fraction of sp³-hybridized carbons (Fsp3) is 0.444. The highest BCUT2D eigenvalue weighted by Crippen LogP contribution is 2.34. The normalized spacial score (nSPS) is 17.4. The van der Waals surface area contributed by atoms with Gasteiger partial charge in [0.2, 0.25) is 0 Å². The van der Waals surface area contributed by atoms with E-state index in [1.54, 1.807) is 13.8 Å². The quantitative estimate of drug-likeness (QED) is 0.697. The van der Waals surface area contributed by atoms with Crippen LogP contribution in [-0.4, -0.2) is 47.2 Å². The van der Waals surface area contributed by atoms with Crippen LogP contribution in [0.3, 0.4) is 0 Å². The summed E-state index contributed by atoms with van der Waals surface area (Å²) in [5.41, 5.74) is 0.217. The number of morpholine rings is 1. The van der Waals surface area contributed by atoms with Crippen LogP contribution >= 0.6 is 0 Å². The van der Waals surface area contributed by atoms with Crippen molar-refractivity contribution in [2.45, 2.75) is 32.2 Å². The monoisotopic (exact) mass is 371 g/mol. The minimum atomic E-state index is -0.858. The smallest absolute Gasteiger partial charge is 0.185 e. The van der Waals surface area contributed by atoms with Crippen molar-refractivity contribution in [1.29, 1.82) is 10.7 Å². The number of halogens is 1. The molecule has 0 radical (unpaired) electrons. The summed E-state index contributed by atoms with van der Waals surface area (Å²) in [7, 11) is 0. The van der Waals surface area contributed by atoms with E-state index < -0.39 is 11.2 Å². The molecule has 142 valence electrons. The van der Waals surface area contributed by atoms with E-state index in [9.17, 15) is 9.65 Å². The number of nitrogens with one attached hydrogen (secondary N) is 3. The number of pyridine rings is 1. The largest absolute Gasteiger partial charge is 0.377 e. The lowest BCUT2D eigenvalue weighted by Crippen LogP contribution is -2.44. The number of hydrogen-bond acceptors (Lipinski definition) is 7. The summed E-state index contributed by atoms with van der Waals surface area (Å²) in [6.45, 7) is 7.39. The zero-order valence-electron chi connectivity index (χ0n) is 15.5. The Kier molecular flexibility index (Phi) is 5.10. The molecule has 8 nitrogen and oxygen atoms in total. The Hall–Kier alpha value is -2.99. The maximum atomic E-state index is 13.9. The maximum absolute atomic E-state index is 13.9. The highest BCUT2D eigenvalue weighted by atomic mass is 19.1. The van der Waals surface area contributed by atoms with Gasteiger partial charge in [-0.15, -0.1) is 0 Å².